The molecule has 1 saturated heterocycles. The molecule has 0 bridgehead atoms. The standard InChI is InChI=1S/C23H33N3O4/c1-16(2)29-20-19-18(8-11-24-20)23(30-22(19)28)9-6-17(7-10-23)21(27)25(3)14-15-26-12-4-5-13-26/h8,11,16-17H,4-7,9-10,12-15H2,1-3H3. The lowest BCUT2D eigenvalue weighted by Gasteiger charge is -2.37. The van der Waals surface area contributed by atoms with E-state index in [0.29, 0.717) is 24.3 Å². The zero-order valence-electron chi connectivity index (χ0n) is 18.4. The summed E-state index contributed by atoms with van der Waals surface area (Å²) in [5.74, 6) is 0.202. The highest BCUT2D eigenvalue weighted by molar-refractivity contribution is 5.97. The molecule has 1 aromatic heterocycles. The molecule has 0 atom stereocenters. The van der Waals surface area contributed by atoms with Gasteiger partial charge in [-0.25, -0.2) is 9.78 Å². The average molecular weight is 416 g/mol. The Kier molecular flexibility index (Phi) is 6.00. The van der Waals surface area contributed by atoms with Crippen LogP contribution in [0.5, 0.6) is 5.88 Å². The Morgan fingerprint density at radius 3 is 2.70 bits per heavy atom. The van der Waals surface area contributed by atoms with Crippen LogP contribution in [0, 0.1) is 5.92 Å². The largest absolute Gasteiger partial charge is 0.474 e. The van der Waals surface area contributed by atoms with E-state index in [1.54, 1.807) is 6.20 Å². The second-order valence-corrected chi connectivity index (χ2v) is 9.17. The van der Waals surface area contributed by atoms with Gasteiger partial charge in [0.25, 0.3) is 0 Å². The number of rotatable bonds is 6. The Hall–Kier alpha value is -2.15. The van der Waals surface area contributed by atoms with Gasteiger partial charge in [-0.1, -0.05) is 0 Å². The van der Waals surface area contributed by atoms with Gasteiger partial charge in [-0.2, -0.15) is 0 Å². The minimum absolute atomic E-state index is 0.00447. The van der Waals surface area contributed by atoms with Gasteiger partial charge in [0.1, 0.15) is 11.2 Å². The number of carbonyl (C=O) groups excluding carboxylic acids is 2. The van der Waals surface area contributed by atoms with Crippen molar-refractivity contribution in [2.24, 2.45) is 5.92 Å². The van der Waals surface area contributed by atoms with Crippen molar-refractivity contribution in [1.29, 1.82) is 0 Å². The van der Waals surface area contributed by atoms with Crippen molar-refractivity contribution in [2.75, 3.05) is 33.2 Å². The molecule has 1 aromatic rings. The molecule has 0 N–H and O–H groups in total. The summed E-state index contributed by atoms with van der Waals surface area (Å²) in [7, 11) is 1.91. The van der Waals surface area contributed by atoms with E-state index in [1.807, 2.05) is 31.9 Å². The zero-order valence-corrected chi connectivity index (χ0v) is 18.4. The average Bonchev–Trinajstić information content (AvgIpc) is 3.33. The molecule has 0 unspecified atom stereocenters. The van der Waals surface area contributed by atoms with Gasteiger partial charge < -0.3 is 19.3 Å². The molecule has 2 aliphatic heterocycles. The summed E-state index contributed by atoms with van der Waals surface area (Å²) in [4.78, 5) is 34.2. The Balaban J connectivity index is 1.40. The molecule has 1 aliphatic carbocycles. The van der Waals surface area contributed by atoms with Gasteiger partial charge in [0, 0.05) is 37.8 Å². The maximum atomic E-state index is 13.0. The number of amides is 1. The van der Waals surface area contributed by atoms with Crippen molar-refractivity contribution in [3.8, 4) is 5.88 Å². The van der Waals surface area contributed by atoms with Gasteiger partial charge in [-0.05, 0) is 71.5 Å². The highest BCUT2D eigenvalue weighted by Crippen LogP contribution is 2.49. The number of hydrogen-bond donors (Lipinski definition) is 0. The molecule has 3 aliphatic rings. The van der Waals surface area contributed by atoms with E-state index in [0.717, 1.165) is 44.6 Å². The van der Waals surface area contributed by atoms with E-state index in [1.165, 1.54) is 12.8 Å². The van der Waals surface area contributed by atoms with Crippen LogP contribution in [-0.2, 0) is 15.1 Å². The molecule has 4 rings (SSSR count). The van der Waals surface area contributed by atoms with E-state index in [-0.39, 0.29) is 23.9 Å². The first-order valence-corrected chi connectivity index (χ1v) is 11.3. The first-order chi connectivity index (χ1) is 14.4. The fourth-order valence-electron chi connectivity index (χ4n) is 5.04. The second kappa shape index (κ2) is 8.53. The Bertz CT molecular complexity index is 796. The lowest BCUT2D eigenvalue weighted by Crippen LogP contribution is -2.41. The lowest BCUT2D eigenvalue weighted by atomic mass is 9.75. The van der Waals surface area contributed by atoms with Crippen LogP contribution in [0.25, 0.3) is 0 Å². The Labute approximate surface area is 178 Å². The van der Waals surface area contributed by atoms with Gasteiger partial charge in [0.15, 0.2) is 0 Å². The van der Waals surface area contributed by atoms with Crippen LogP contribution in [0.2, 0.25) is 0 Å². The molecule has 3 heterocycles. The number of carbonyl (C=O) groups is 2. The zero-order chi connectivity index (χ0) is 21.3. The van der Waals surface area contributed by atoms with Crippen LogP contribution in [0.1, 0.15) is 68.3 Å². The van der Waals surface area contributed by atoms with E-state index in [2.05, 4.69) is 9.88 Å². The Morgan fingerprint density at radius 2 is 2.03 bits per heavy atom. The number of esters is 1. The first kappa shape index (κ1) is 21.1. The van der Waals surface area contributed by atoms with Gasteiger partial charge in [0.2, 0.25) is 11.8 Å². The molecule has 2 fully saturated rings. The van der Waals surface area contributed by atoms with Gasteiger partial charge in [-0.3, -0.25) is 4.79 Å². The number of hydrogen-bond acceptors (Lipinski definition) is 6. The van der Waals surface area contributed by atoms with Crippen LogP contribution in [0.3, 0.4) is 0 Å². The van der Waals surface area contributed by atoms with Crippen LogP contribution in [-0.4, -0.2) is 66.0 Å². The molecular weight excluding hydrogens is 382 g/mol. The first-order valence-electron chi connectivity index (χ1n) is 11.3. The number of aromatic nitrogens is 1. The van der Waals surface area contributed by atoms with Crippen molar-refractivity contribution in [1.82, 2.24) is 14.8 Å². The Morgan fingerprint density at radius 1 is 1.33 bits per heavy atom. The number of fused-ring (bicyclic) bond motifs is 2. The van der Waals surface area contributed by atoms with Crippen molar-refractivity contribution in [3.63, 3.8) is 0 Å². The van der Waals surface area contributed by atoms with Gasteiger partial charge in [0.05, 0.1) is 6.10 Å². The van der Waals surface area contributed by atoms with Crippen LogP contribution < -0.4 is 4.74 Å². The van der Waals surface area contributed by atoms with Crippen LogP contribution >= 0.6 is 0 Å². The fraction of sp³-hybridized carbons (Fsp3) is 0.696. The quantitative estimate of drug-likeness (QED) is 0.665. The molecule has 0 aromatic carbocycles. The van der Waals surface area contributed by atoms with Crippen molar-refractivity contribution >= 4 is 11.9 Å². The van der Waals surface area contributed by atoms with Gasteiger partial charge >= 0.3 is 5.97 Å². The molecule has 30 heavy (non-hydrogen) atoms. The molecule has 1 amide bonds. The summed E-state index contributed by atoms with van der Waals surface area (Å²) in [6.45, 7) is 7.85. The van der Waals surface area contributed by atoms with E-state index in [9.17, 15) is 9.59 Å². The van der Waals surface area contributed by atoms with E-state index in [4.69, 9.17) is 9.47 Å². The summed E-state index contributed by atoms with van der Waals surface area (Å²) >= 11 is 0. The lowest BCUT2D eigenvalue weighted by molar-refractivity contribution is -0.137. The molecule has 7 heteroatoms. The SMILES string of the molecule is CC(C)Oc1nccc2c1C(=O)OC21CCC(C(=O)N(C)CCN2CCCC2)CC1. The molecule has 1 saturated carbocycles. The monoisotopic (exact) mass is 415 g/mol. The van der Waals surface area contributed by atoms with Crippen LogP contribution in [0.4, 0.5) is 0 Å². The summed E-state index contributed by atoms with van der Waals surface area (Å²) in [5, 5.41) is 0. The third kappa shape index (κ3) is 4.04. The second-order valence-electron chi connectivity index (χ2n) is 9.17. The predicted octanol–water partition coefficient (Wildman–Crippen LogP) is 2.98. The smallest absolute Gasteiger partial charge is 0.344 e. The van der Waals surface area contributed by atoms with Gasteiger partial charge in [-0.15, -0.1) is 0 Å². The molecule has 0 radical (unpaired) electrons. The third-order valence-electron chi connectivity index (χ3n) is 6.72. The number of likely N-dealkylation sites (N-methyl/N-ethyl adjacent to an activating group) is 1. The number of ether oxygens (including phenoxy) is 2. The summed E-state index contributed by atoms with van der Waals surface area (Å²) in [5.41, 5.74) is 0.681. The van der Waals surface area contributed by atoms with Crippen LogP contribution in [0.15, 0.2) is 12.3 Å². The predicted molar refractivity (Wildman–Crippen MR) is 112 cm³/mol. The van der Waals surface area contributed by atoms with Crippen molar-refractivity contribution < 1.29 is 19.1 Å². The summed E-state index contributed by atoms with van der Waals surface area (Å²) in [6, 6.07) is 1.87. The normalized spacial score (nSPS) is 26.1. The highest BCUT2D eigenvalue weighted by atomic mass is 16.6. The number of pyridine rings is 1. The van der Waals surface area contributed by atoms with Crippen molar-refractivity contribution in [3.05, 3.63) is 23.4 Å². The maximum absolute atomic E-state index is 13.0. The molecule has 7 nitrogen and oxygen atoms in total. The minimum atomic E-state index is -0.644. The number of nitrogens with zero attached hydrogens (tertiary/aromatic N) is 3. The minimum Gasteiger partial charge on any atom is -0.474 e. The van der Waals surface area contributed by atoms with E-state index < -0.39 is 5.60 Å². The number of likely N-dealkylation sites (tertiary alicyclic amines) is 1. The summed E-state index contributed by atoms with van der Waals surface area (Å²) in [6.07, 6.45) is 6.91. The fourth-order valence-corrected chi connectivity index (χ4v) is 5.04. The van der Waals surface area contributed by atoms with Crippen molar-refractivity contribution in [2.45, 2.75) is 64.1 Å². The highest BCUT2D eigenvalue weighted by Gasteiger charge is 2.50. The third-order valence-corrected chi connectivity index (χ3v) is 6.72. The molecule has 164 valence electrons. The summed E-state index contributed by atoms with van der Waals surface area (Å²) < 4.78 is 11.6. The maximum Gasteiger partial charge on any atom is 0.344 e. The topological polar surface area (TPSA) is 72.0 Å². The van der Waals surface area contributed by atoms with E-state index >= 15 is 0 Å². The molecule has 1 spiro atoms. The molecular formula is C23H33N3O4.